The molecule has 1 aliphatic rings. The second-order valence-electron chi connectivity index (χ2n) is 8.02. The lowest BCUT2D eigenvalue weighted by atomic mass is 10.1. The lowest BCUT2D eigenvalue weighted by Crippen LogP contribution is -2.48. The number of hydrogen-bond acceptors (Lipinski definition) is 6. The number of benzene rings is 1. The number of carbonyl (C=O) groups excluding carboxylic acids is 2. The van der Waals surface area contributed by atoms with Gasteiger partial charge in [0.15, 0.2) is 0 Å². The Balaban J connectivity index is 1.75. The van der Waals surface area contributed by atoms with Crippen molar-refractivity contribution in [2.24, 2.45) is 0 Å². The largest absolute Gasteiger partial charge is 0.444 e. The first-order chi connectivity index (χ1) is 13.7. The van der Waals surface area contributed by atoms with Crippen LogP contribution >= 0.6 is 11.6 Å². The van der Waals surface area contributed by atoms with E-state index in [-0.39, 0.29) is 11.9 Å². The molecule has 2 heterocycles. The number of rotatable bonds is 4. The van der Waals surface area contributed by atoms with Crippen molar-refractivity contribution < 1.29 is 14.3 Å². The minimum Gasteiger partial charge on any atom is -0.444 e. The average Bonchev–Trinajstić information content (AvgIpc) is 3.32. The maximum absolute atomic E-state index is 13.0. The van der Waals surface area contributed by atoms with Crippen molar-refractivity contribution in [2.75, 3.05) is 6.54 Å². The monoisotopic (exact) mass is 420 g/mol. The maximum Gasteiger partial charge on any atom is 0.410 e. The summed E-state index contributed by atoms with van der Waals surface area (Å²) in [7, 11) is 0. The molecule has 2 atom stereocenters. The summed E-state index contributed by atoms with van der Waals surface area (Å²) in [6.07, 6.45) is 2.34. The van der Waals surface area contributed by atoms with Crippen molar-refractivity contribution >= 4 is 23.6 Å². The molecule has 1 aliphatic heterocycles. The number of tetrazole rings is 1. The Hall–Kier alpha value is -2.68. The fourth-order valence-corrected chi connectivity index (χ4v) is 3.50. The van der Waals surface area contributed by atoms with Gasteiger partial charge < -0.3 is 10.1 Å². The quantitative estimate of drug-likeness (QED) is 0.815. The smallest absolute Gasteiger partial charge is 0.410 e. The normalized spacial score (nSPS) is 17.8. The van der Waals surface area contributed by atoms with E-state index in [0.29, 0.717) is 23.7 Å². The Labute approximate surface area is 174 Å². The van der Waals surface area contributed by atoms with Crippen LogP contribution in [0.3, 0.4) is 0 Å². The van der Waals surface area contributed by atoms with Gasteiger partial charge in [0.05, 0.1) is 11.7 Å². The fourth-order valence-electron chi connectivity index (χ4n) is 3.32. The van der Waals surface area contributed by atoms with Crippen molar-refractivity contribution in [3.05, 3.63) is 35.1 Å². The first-order valence-corrected chi connectivity index (χ1v) is 9.86. The predicted octanol–water partition coefficient (Wildman–Crippen LogP) is 2.89. The Bertz CT molecular complexity index is 881. The molecule has 1 saturated heterocycles. The zero-order chi connectivity index (χ0) is 21.2. The maximum atomic E-state index is 13.0. The van der Waals surface area contributed by atoms with E-state index >= 15 is 0 Å². The first kappa shape index (κ1) is 21.0. The Morgan fingerprint density at radius 3 is 2.76 bits per heavy atom. The van der Waals surface area contributed by atoms with Crippen LogP contribution in [0.15, 0.2) is 24.5 Å². The van der Waals surface area contributed by atoms with E-state index in [0.717, 1.165) is 12.0 Å². The van der Waals surface area contributed by atoms with Crippen molar-refractivity contribution in [1.29, 1.82) is 0 Å². The molecule has 0 radical (unpaired) electrons. The van der Waals surface area contributed by atoms with Crippen LogP contribution < -0.4 is 5.32 Å². The highest BCUT2D eigenvalue weighted by molar-refractivity contribution is 6.30. The van der Waals surface area contributed by atoms with Gasteiger partial charge in [-0.25, -0.2) is 9.48 Å². The van der Waals surface area contributed by atoms with Gasteiger partial charge in [-0.05, 0) is 69.2 Å². The van der Waals surface area contributed by atoms with Crippen molar-refractivity contribution in [3.8, 4) is 5.69 Å². The molecule has 0 bridgehead atoms. The molecule has 1 fully saturated rings. The molecule has 2 amide bonds. The first-order valence-electron chi connectivity index (χ1n) is 9.48. The Morgan fingerprint density at radius 1 is 1.34 bits per heavy atom. The van der Waals surface area contributed by atoms with E-state index in [9.17, 15) is 9.59 Å². The van der Waals surface area contributed by atoms with Crippen LogP contribution in [0.4, 0.5) is 4.79 Å². The van der Waals surface area contributed by atoms with Crippen LogP contribution in [-0.2, 0) is 9.53 Å². The van der Waals surface area contributed by atoms with E-state index in [1.165, 1.54) is 15.9 Å². The van der Waals surface area contributed by atoms with E-state index in [2.05, 4.69) is 20.8 Å². The zero-order valence-electron chi connectivity index (χ0n) is 16.9. The number of likely N-dealkylation sites (tertiary alicyclic amines) is 1. The van der Waals surface area contributed by atoms with Gasteiger partial charge in [-0.15, -0.1) is 5.10 Å². The summed E-state index contributed by atoms with van der Waals surface area (Å²) < 4.78 is 6.95. The van der Waals surface area contributed by atoms with Crippen molar-refractivity contribution in [1.82, 2.24) is 30.4 Å². The SMILES string of the molecule is C[C@H](NC(=O)[C@@H]1CCCN1C(=O)OC(C)(C)C)c1cc(Cl)ccc1-n1cnnn1. The number of halogens is 1. The van der Waals surface area contributed by atoms with E-state index in [1.54, 1.807) is 39.0 Å². The highest BCUT2D eigenvalue weighted by atomic mass is 35.5. The third-order valence-corrected chi connectivity index (χ3v) is 4.83. The lowest BCUT2D eigenvalue weighted by molar-refractivity contribution is -0.126. The molecule has 2 aromatic rings. The molecule has 1 aromatic carbocycles. The number of nitrogens with zero attached hydrogens (tertiary/aromatic N) is 5. The minimum absolute atomic E-state index is 0.233. The van der Waals surface area contributed by atoms with Crippen LogP contribution in [0.2, 0.25) is 5.02 Å². The average molecular weight is 421 g/mol. The van der Waals surface area contributed by atoms with Crippen LogP contribution in [0.25, 0.3) is 5.69 Å². The van der Waals surface area contributed by atoms with Crippen LogP contribution in [0, 0.1) is 0 Å². The molecule has 1 aromatic heterocycles. The summed E-state index contributed by atoms with van der Waals surface area (Å²) in [5, 5.41) is 14.8. The molecule has 29 heavy (non-hydrogen) atoms. The van der Waals surface area contributed by atoms with Gasteiger partial charge in [-0.3, -0.25) is 9.69 Å². The van der Waals surface area contributed by atoms with Crippen molar-refractivity contribution in [3.63, 3.8) is 0 Å². The fraction of sp³-hybridized carbons (Fsp3) is 0.526. The summed E-state index contributed by atoms with van der Waals surface area (Å²) in [6, 6.07) is 4.35. The van der Waals surface area contributed by atoms with Crippen LogP contribution in [0.1, 0.15) is 52.1 Å². The molecule has 9 nitrogen and oxygen atoms in total. The number of aromatic nitrogens is 4. The summed E-state index contributed by atoms with van der Waals surface area (Å²) in [5.74, 6) is -0.233. The standard InChI is InChI=1S/C19H25ClN6O3/c1-12(14-10-13(20)7-8-15(14)26-11-21-23-24-26)22-17(27)16-6-5-9-25(16)18(28)29-19(2,3)4/h7-8,10-12,16H,5-6,9H2,1-4H3,(H,22,27)/t12-,16-/m0/s1. The molecule has 1 N–H and O–H groups in total. The summed E-state index contributed by atoms with van der Waals surface area (Å²) in [4.78, 5) is 26.9. The Morgan fingerprint density at radius 2 is 2.10 bits per heavy atom. The van der Waals surface area contributed by atoms with Crippen molar-refractivity contribution in [2.45, 2.75) is 58.2 Å². The molecule has 10 heteroatoms. The molecule has 0 saturated carbocycles. The molecular weight excluding hydrogens is 396 g/mol. The van der Waals surface area contributed by atoms with E-state index < -0.39 is 17.7 Å². The summed E-state index contributed by atoms with van der Waals surface area (Å²) >= 11 is 6.17. The van der Waals surface area contributed by atoms with Crippen LogP contribution in [-0.4, -0.2) is 55.3 Å². The predicted molar refractivity (Wildman–Crippen MR) is 107 cm³/mol. The van der Waals surface area contributed by atoms with Gasteiger partial charge in [0.2, 0.25) is 5.91 Å². The van der Waals surface area contributed by atoms with Gasteiger partial charge in [-0.2, -0.15) is 0 Å². The molecular formula is C19H25ClN6O3. The molecule has 3 rings (SSSR count). The Kier molecular flexibility index (Phi) is 6.07. The van der Waals surface area contributed by atoms with Gasteiger partial charge in [0, 0.05) is 17.1 Å². The highest BCUT2D eigenvalue weighted by Crippen LogP contribution is 2.26. The summed E-state index contributed by atoms with van der Waals surface area (Å²) in [5.41, 5.74) is 0.859. The second-order valence-corrected chi connectivity index (χ2v) is 8.46. The number of hydrogen-bond donors (Lipinski definition) is 1. The summed E-state index contributed by atoms with van der Waals surface area (Å²) in [6.45, 7) is 7.76. The molecule has 156 valence electrons. The van der Waals surface area contributed by atoms with Crippen LogP contribution in [0.5, 0.6) is 0 Å². The number of ether oxygens (including phenoxy) is 1. The van der Waals surface area contributed by atoms with Gasteiger partial charge >= 0.3 is 6.09 Å². The third kappa shape index (κ3) is 5.03. The number of amides is 2. The molecule has 0 aliphatic carbocycles. The highest BCUT2D eigenvalue weighted by Gasteiger charge is 2.37. The zero-order valence-corrected chi connectivity index (χ0v) is 17.7. The topological polar surface area (TPSA) is 102 Å². The lowest BCUT2D eigenvalue weighted by Gasteiger charge is -2.29. The van der Waals surface area contributed by atoms with Gasteiger partial charge in [0.25, 0.3) is 0 Å². The number of nitrogens with one attached hydrogen (secondary N) is 1. The van der Waals surface area contributed by atoms with E-state index in [4.69, 9.17) is 16.3 Å². The minimum atomic E-state index is -0.616. The molecule has 0 spiro atoms. The van der Waals surface area contributed by atoms with Gasteiger partial charge in [-0.1, -0.05) is 11.6 Å². The molecule has 0 unspecified atom stereocenters. The van der Waals surface area contributed by atoms with E-state index in [1.807, 2.05) is 6.92 Å². The van der Waals surface area contributed by atoms with Gasteiger partial charge in [0.1, 0.15) is 18.0 Å². The second kappa shape index (κ2) is 8.36. The number of carbonyl (C=O) groups is 2. The third-order valence-electron chi connectivity index (χ3n) is 4.59.